The van der Waals surface area contributed by atoms with Gasteiger partial charge in [0.25, 0.3) is 0 Å². The van der Waals surface area contributed by atoms with E-state index in [0.29, 0.717) is 11.1 Å². The van der Waals surface area contributed by atoms with Crippen molar-refractivity contribution < 1.29 is 21.2 Å². The summed E-state index contributed by atoms with van der Waals surface area (Å²) in [4.78, 5) is 0. The molecule has 0 N–H and O–H groups in total. The van der Waals surface area contributed by atoms with Crippen molar-refractivity contribution in [2.75, 3.05) is 0 Å². The third kappa shape index (κ3) is 3.05. The molecule has 0 atom stereocenters. The first-order chi connectivity index (χ1) is 8.31. The summed E-state index contributed by atoms with van der Waals surface area (Å²) < 4.78 is 2.54. The molecule has 0 spiro atoms. The lowest BCUT2D eigenvalue weighted by atomic mass is 10.2. The van der Waals surface area contributed by atoms with E-state index < -0.39 is 0 Å². The lowest BCUT2D eigenvalue weighted by molar-refractivity contribution is -0.597. The van der Waals surface area contributed by atoms with Gasteiger partial charge in [0.1, 0.15) is 0 Å². The normalized spacial score (nSPS) is 9.29. The van der Waals surface area contributed by atoms with Gasteiger partial charge in [-0.2, -0.15) is 10.5 Å². The van der Waals surface area contributed by atoms with Crippen molar-refractivity contribution in [1.82, 2.24) is 0 Å². The third-order valence-corrected chi connectivity index (χ3v) is 4.85. The van der Waals surface area contributed by atoms with E-state index >= 15 is 0 Å². The molecule has 0 aromatic heterocycles. The maximum absolute atomic E-state index is 8.70. The minimum atomic E-state index is -0.226. The highest BCUT2D eigenvalue weighted by Gasteiger charge is 2.14. The van der Waals surface area contributed by atoms with Crippen LogP contribution in [-0.2, 0) is 0 Å². The second kappa shape index (κ2) is 5.47. The Morgan fingerprint density at radius 3 is 1.29 bits per heavy atom. The van der Waals surface area contributed by atoms with Crippen LogP contribution in [0.1, 0.15) is 11.1 Å². The van der Waals surface area contributed by atoms with Crippen molar-refractivity contribution in [3.63, 3.8) is 0 Å². The molecule has 0 saturated carbocycles. The molecule has 0 aliphatic rings. The van der Waals surface area contributed by atoms with Gasteiger partial charge < -0.3 is 0 Å². The first kappa shape index (κ1) is 11.6. The van der Waals surface area contributed by atoms with Crippen LogP contribution in [0.15, 0.2) is 48.5 Å². The van der Waals surface area contributed by atoms with Crippen molar-refractivity contribution >= 4 is 0 Å². The molecule has 0 unspecified atom stereocenters. The zero-order chi connectivity index (χ0) is 12.1. The maximum Gasteiger partial charge on any atom is 0.357 e. The zero-order valence-corrected chi connectivity index (χ0v) is 11.0. The molecule has 0 bridgehead atoms. The van der Waals surface area contributed by atoms with Crippen LogP contribution < -0.4 is 21.2 Å². The monoisotopic (exact) mass is 331 g/mol. The SMILES string of the molecule is N#Cc1ccc([I+]c2ccc(C#N)cc2)cc1. The van der Waals surface area contributed by atoms with Gasteiger partial charge in [0, 0.05) is 0 Å². The molecule has 3 heteroatoms. The molecule has 0 saturated heterocycles. The van der Waals surface area contributed by atoms with Gasteiger partial charge in [-0.15, -0.1) is 0 Å². The van der Waals surface area contributed by atoms with Crippen LogP contribution in [0.2, 0.25) is 0 Å². The molecule has 2 aromatic rings. The van der Waals surface area contributed by atoms with Crippen LogP contribution in [0, 0.1) is 29.8 Å². The molecule has 0 radical (unpaired) electrons. The topological polar surface area (TPSA) is 47.6 Å². The number of hydrogen-bond acceptors (Lipinski definition) is 2. The van der Waals surface area contributed by atoms with Gasteiger partial charge in [0.05, 0.1) is 23.3 Å². The van der Waals surface area contributed by atoms with E-state index in [9.17, 15) is 0 Å². The lowest BCUT2D eigenvalue weighted by Crippen LogP contribution is -3.61. The smallest absolute Gasteiger partial charge is 0.192 e. The summed E-state index contributed by atoms with van der Waals surface area (Å²) in [5.41, 5.74) is 1.38. The Hall–Kier alpha value is -1.85. The van der Waals surface area contributed by atoms with Crippen LogP contribution in [0.5, 0.6) is 0 Å². The fraction of sp³-hybridized carbons (Fsp3) is 0. The molecule has 0 aliphatic heterocycles. The number of hydrogen-bond donors (Lipinski definition) is 0. The summed E-state index contributed by atoms with van der Waals surface area (Å²) >= 11 is -0.226. The van der Waals surface area contributed by atoms with E-state index in [1.807, 2.05) is 48.5 Å². The summed E-state index contributed by atoms with van der Waals surface area (Å²) in [7, 11) is 0. The van der Waals surface area contributed by atoms with E-state index in [1.54, 1.807) is 0 Å². The Balaban J connectivity index is 2.14. The highest BCUT2D eigenvalue weighted by Crippen LogP contribution is 1.96. The van der Waals surface area contributed by atoms with Gasteiger partial charge in [0.2, 0.25) is 0 Å². The molecule has 80 valence electrons. The highest BCUT2D eigenvalue weighted by atomic mass is 127. The van der Waals surface area contributed by atoms with E-state index in [0.717, 1.165) is 0 Å². The van der Waals surface area contributed by atoms with E-state index in [-0.39, 0.29) is 21.2 Å². The van der Waals surface area contributed by atoms with Gasteiger partial charge in [-0.25, -0.2) is 0 Å². The number of rotatable bonds is 2. The van der Waals surface area contributed by atoms with Gasteiger partial charge in [-0.3, -0.25) is 0 Å². The Morgan fingerprint density at radius 2 is 1.00 bits per heavy atom. The number of halogens is 1. The highest BCUT2D eigenvalue weighted by molar-refractivity contribution is 5.28. The van der Waals surface area contributed by atoms with Crippen molar-refractivity contribution in [2.45, 2.75) is 0 Å². The van der Waals surface area contributed by atoms with E-state index in [2.05, 4.69) is 12.1 Å². The van der Waals surface area contributed by atoms with Crippen molar-refractivity contribution in [1.29, 1.82) is 10.5 Å². The predicted octanol–water partition coefficient (Wildman–Crippen LogP) is -0.442. The van der Waals surface area contributed by atoms with Crippen LogP contribution in [0.3, 0.4) is 0 Å². The number of nitrogens with zero attached hydrogens (tertiary/aromatic N) is 2. The Morgan fingerprint density at radius 1 is 0.647 bits per heavy atom. The summed E-state index contributed by atoms with van der Waals surface area (Å²) in [6, 6.07) is 19.6. The average molecular weight is 331 g/mol. The number of nitriles is 2. The molecule has 2 rings (SSSR count). The van der Waals surface area contributed by atoms with Gasteiger partial charge >= 0.3 is 21.2 Å². The quantitative estimate of drug-likeness (QED) is 0.701. The molecule has 0 amide bonds. The van der Waals surface area contributed by atoms with Crippen molar-refractivity contribution in [3.05, 3.63) is 66.8 Å². The second-order valence-electron chi connectivity index (χ2n) is 3.33. The first-order valence-corrected chi connectivity index (χ1v) is 7.13. The van der Waals surface area contributed by atoms with Crippen molar-refractivity contribution in [3.8, 4) is 12.1 Å². The molecule has 0 fully saturated rings. The molecular formula is C14H8IN2+. The first-order valence-electron chi connectivity index (χ1n) is 4.97. The van der Waals surface area contributed by atoms with E-state index in [1.165, 1.54) is 7.14 Å². The molecular weight excluding hydrogens is 323 g/mol. The Bertz CT molecular complexity index is 531. The van der Waals surface area contributed by atoms with Crippen LogP contribution in [0.25, 0.3) is 0 Å². The summed E-state index contributed by atoms with van der Waals surface area (Å²) in [6.07, 6.45) is 0. The lowest BCUT2D eigenvalue weighted by Gasteiger charge is -1.88. The minimum Gasteiger partial charge on any atom is -0.192 e. The standard InChI is InChI=1S/C14H8IN2/c16-9-11-1-5-13(6-2-11)15-14-7-3-12(10-17)4-8-14/h1-8H/q+1. The van der Waals surface area contributed by atoms with Gasteiger partial charge in [-0.05, 0) is 48.5 Å². The Kier molecular flexibility index (Phi) is 3.74. The van der Waals surface area contributed by atoms with Gasteiger partial charge in [0.15, 0.2) is 7.14 Å². The van der Waals surface area contributed by atoms with Crippen LogP contribution in [-0.4, -0.2) is 0 Å². The Labute approximate surface area is 110 Å². The molecule has 17 heavy (non-hydrogen) atoms. The van der Waals surface area contributed by atoms with E-state index in [4.69, 9.17) is 10.5 Å². The summed E-state index contributed by atoms with van der Waals surface area (Å²) in [6.45, 7) is 0. The maximum atomic E-state index is 8.70. The average Bonchev–Trinajstić information content (AvgIpc) is 2.40. The predicted molar refractivity (Wildman–Crippen MR) is 59.7 cm³/mol. The zero-order valence-electron chi connectivity index (χ0n) is 8.89. The largest absolute Gasteiger partial charge is 0.357 e. The minimum absolute atomic E-state index is 0.226. The summed E-state index contributed by atoms with van der Waals surface area (Å²) in [5.74, 6) is 0. The molecule has 0 aliphatic carbocycles. The molecule has 0 heterocycles. The fourth-order valence-corrected chi connectivity index (χ4v) is 3.46. The summed E-state index contributed by atoms with van der Waals surface area (Å²) in [5, 5.41) is 17.4. The van der Waals surface area contributed by atoms with Crippen LogP contribution >= 0.6 is 0 Å². The van der Waals surface area contributed by atoms with Crippen molar-refractivity contribution in [2.24, 2.45) is 0 Å². The number of benzene rings is 2. The fourth-order valence-electron chi connectivity index (χ4n) is 1.30. The van der Waals surface area contributed by atoms with Crippen LogP contribution in [0.4, 0.5) is 0 Å². The van der Waals surface area contributed by atoms with Gasteiger partial charge in [-0.1, -0.05) is 0 Å². The second-order valence-corrected chi connectivity index (χ2v) is 6.36. The third-order valence-electron chi connectivity index (χ3n) is 2.16. The molecule has 2 aromatic carbocycles. The molecule has 2 nitrogen and oxygen atoms in total.